The van der Waals surface area contributed by atoms with E-state index in [1.165, 1.54) is 0 Å². The van der Waals surface area contributed by atoms with Crippen LogP contribution in [0.25, 0.3) is 0 Å². The lowest BCUT2D eigenvalue weighted by Crippen LogP contribution is -2.21. The summed E-state index contributed by atoms with van der Waals surface area (Å²) < 4.78 is 0. The summed E-state index contributed by atoms with van der Waals surface area (Å²) in [7, 11) is 0. The Labute approximate surface area is 82.9 Å². The first-order valence-corrected chi connectivity index (χ1v) is 4.77. The molecule has 0 saturated heterocycles. The normalized spacial score (nSPS) is 11.7. The summed E-state index contributed by atoms with van der Waals surface area (Å²) in [6.45, 7) is 6.16. The number of hydrogen-bond donors (Lipinski definition) is 1. The summed E-state index contributed by atoms with van der Waals surface area (Å²) in [5, 5.41) is 0. The van der Waals surface area contributed by atoms with Crippen molar-refractivity contribution in [2.45, 2.75) is 32.1 Å². The van der Waals surface area contributed by atoms with Crippen molar-refractivity contribution in [3.8, 4) is 0 Å². The average Bonchev–Trinajstić information content (AvgIpc) is 2.02. The Balaban J connectivity index is 3.18. The van der Waals surface area contributed by atoms with Crippen LogP contribution in [0.3, 0.4) is 0 Å². The summed E-state index contributed by atoms with van der Waals surface area (Å²) >= 11 is 5.58. The number of alkyl halides is 1. The molecule has 3 heteroatoms. The zero-order valence-electron chi connectivity index (χ0n) is 8.15. The quantitative estimate of drug-likeness (QED) is 0.693. The van der Waals surface area contributed by atoms with Gasteiger partial charge in [-0.1, -0.05) is 26.8 Å². The zero-order chi connectivity index (χ0) is 10.1. The molecule has 0 amide bonds. The second-order valence-corrected chi connectivity index (χ2v) is 4.38. The third kappa shape index (κ3) is 2.34. The van der Waals surface area contributed by atoms with E-state index in [1.54, 1.807) is 6.07 Å². The highest BCUT2D eigenvalue weighted by molar-refractivity contribution is 6.17. The topological polar surface area (TPSA) is 32.9 Å². The maximum absolute atomic E-state index is 11.4. The van der Waals surface area contributed by atoms with E-state index in [-0.39, 0.29) is 16.9 Å². The molecular formula is C10H14ClNO. The average molecular weight is 200 g/mol. The first-order valence-electron chi connectivity index (χ1n) is 4.24. The smallest absolute Gasteiger partial charge is 0.252 e. The van der Waals surface area contributed by atoms with Gasteiger partial charge in [0.1, 0.15) is 0 Å². The third-order valence-electron chi connectivity index (χ3n) is 1.94. The van der Waals surface area contributed by atoms with Crippen LogP contribution < -0.4 is 5.56 Å². The maximum atomic E-state index is 11.4. The van der Waals surface area contributed by atoms with Crippen LogP contribution >= 0.6 is 11.6 Å². The van der Waals surface area contributed by atoms with Gasteiger partial charge in [-0.25, -0.2) is 0 Å². The number of aromatic nitrogens is 1. The van der Waals surface area contributed by atoms with Gasteiger partial charge in [-0.15, -0.1) is 11.6 Å². The van der Waals surface area contributed by atoms with Crippen LogP contribution in [-0.2, 0) is 11.3 Å². The lowest BCUT2D eigenvalue weighted by Gasteiger charge is -2.18. The molecule has 0 aliphatic rings. The minimum Gasteiger partial charge on any atom is -0.325 e. The van der Waals surface area contributed by atoms with E-state index < -0.39 is 0 Å². The molecular weight excluding hydrogens is 186 g/mol. The first-order chi connectivity index (χ1) is 5.95. The molecule has 0 atom stereocenters. The van der Waals surface area contributed by atoms with Crippen LogP contribution in [0.15, 0.2) is 16.9 Å². The highest BCUT2D eigenvalue weighted by Gasteiger charge is 2.14. The first kappa shape index (κ1) is 10.3. The number of pyridine rings is 1. The Kier molecular flexibility index (Phi) is 2.81. The van der Waals surface area contributed by atoms with Gasteiger partial charge in [-0.3, -0.25) is 4.79 Å². The molecule has 0 aliphatic carbocycles. The maximum Gasteiger partial charge on any atom is 0.252 e. The molecule has 1 aromatic rings. The second-order valence-electron chi connectivity index (χ2n) is 4.11. The molecule has 1 aromatic heterocycles. The molecule has 72 valence electrons. The number of halogens is 1. The summed E-state index contributed by atoms with van der Waals surface area (Å²) in [5.74, 6) is 0.264. The van der Waals surface area contributed by atoms with Gasteiger partial charge in [-0.05, 0) is 6.07 Å². The van der Waals surface area contributed by atoms with Crippen LogP contribution in [0.4, 0.5) is 0 Å². The standard InChI is InChI=1S/C10H14ClNO/c1-10(2,3)8-5-4-7(6-11)9(13)12-8/h4-5H,6H2,1-3H3,(H,12,13). The van der Waals surface area contributed by atoms with E-state index in [0.717, 1.165) is 5.69 Å². The fourth-order valence-electron chi connectivity index (χ4n) is 1.05. The third-order valence-corrected chi connectivity index (χ3v) is 2.23. The van der Waals surface area contributed by atoms with Crippen LogP contribution in [0.5, 0.6) is 0 Å². The summed E-state index contributed by atoms with van der Waals surface area (Å²) in [4.78, 5) is 14.2. The molecule has 0 saturated carbocycles. The van der Waals surface area contributed by atoms with Gasteiger partial charge in [0.2, 0.25) is 0 Å². The molecule has 0 fully saturated rings. The Hall–Kier alpha value is -0.760. The monoisotopic (exact) mass is 199 g/mol. The van der Waals surface area contributed by atoms with Crippen LogP contribution in [0.2, 0.25) is 0 Å². The number of hydrogen-bond acceptors (Lipinski definition) is 1. The van der Waals surface area contributed by atoms with Crippen molar-refractivity contribution in [1.29, 1.82) is 0 Å². The lowest BCUT2D eigenvalue weighted by molar-refractivity contribution is 0.566. The van der Waals surface area contributed by atoms with E-state index in [9.17, 15) is 4.79 Å². The van der Waals surface area contributed by atoms with E-state index >= 15 is 0 Å². The molecule has 13 heavy (non-hydrogen) atoms. The van der Waals surface area contributed by atoms with Gasteiger partial charge in [-0.2, -0.15) is 0 Å². The van der Waals surface area contributed by atoms with Crippen molar-refractivity contribution in [2.24, 2.45) is 0 Å². The van der Waals surface area contributed by atoms with Crippen LogP contribution in [-0.4, -0.2) is 4.98 Å². The van der Waals surface area contributed by atoms with E-state index in [2.05, 4.69) is 25.8 Å². The van der Waals surface area contributed by atoms with Crippen LogP contribution in [0, 0.1) is 0 Å². The molecule has 1 N–H and O–H groups in total. The SMILES string of the molecule is CC(C)(C)c1ccc(CCl)c(=O)[nH]1. The number of aromatic amines is 1. The van der Waals surface area contributed by atoms with Gasteiger partial charge in [0, 0.05) is 16.7 Å². The Morgan fingerprint density at radius 1 is 1.38 bits per heavy atom. The minimum absolute atomic E-state index is 0.0238. The Morgan fingerprint density at radius 3 is 2.38 bits per heavy atom. The Morgan fingerprint density at radius 2 is 2.00 bits per heavy atom. The summed E-state index contributed by atoms with van der Waals surface area (Å²) in [6.07, 6.45) is 0. The van der Waals surface area contributed by atoms with Crippen molar-refractivity contribution in [2.75, 3.05) is 0 Å². The minimum atomic E-state index is -0.0811. The zero-order valence-corrected chi connectivity index (χ0v) is 8.90. The van der Waals surface area contributed by atoms with Gasteiger partial charge < -0.3 is 4.98 Å². The molecule has 1 rings (SSSR count). The van der Waals surface area contributed by atoms with Crippen LogP contribution in [0.1, 0.15) is 32.0 Å². The van der Waals surface area contributed by atoms with Crippen molar-refractivity contribution in [1.82, 2.24) is 4.98 Å². The van der Waals surface area contributed by atoms with Crippen molar-refractivity contribution in [3.05, 3.63) is 33.7 Å². The number of nitrogens with one attached hydrogen (secondary N) is 1. The Bertz CT molecular complexity index is 349. The fourth-order valence-corrected chi connectivity index (χ4v) is 1.26. The van der Waals surface area contributed by atoms with Gasteiger partial charge in [0.25, 0.3) is 5.56 Å². The van der Waals surface area contributed by atoms with Crippen molar-refractivity contribution >= 4 is 11.6 Å². The van der Waals surface area contributed by atoms with E-state index in [4.69, 9.17) is 11.6 Å². The summed E-state index contributed by atoms with van der Waals surface area (Å²) in [6, 6.07) is 3.70. The molecule has 0 aromatic carbocycles. The molecule has 1 heterocycles. The van der Waals surface area contributed by atoms with Gasteiger partial charge in [0.15, 0.2) is 0 Å². The molecule has 0 radical (unpaired) electrons. The summed E-state index contributed by atoms with van der Waals surface area (Å²) in [5.41, 5.74) is 1.45. The predicted molar refractivity (Wildman–Crippen MR) is 55.3 cm³/mol. The lowest BCUT2D eigenvalue weighted by atomic mass is 9.91. The van der Waals surface area contributed by atoms with E-state index in [0.29, 0.717) is 5.56 Å². The van der Waals surface area contributed by atoms with Crippen molar-refractivity contribution in [3.63, 3.8) is 0 Å². The number of rotatable bonds is 1. The van der Waals surface area contributed by atoms with Gasteiger partial charge in [0.05, 0.1) is 5.88 Å². The number of H-pyrrole nitrogens is 1. The largest absolute Gasteiger partial charge is 0.325 e. The van der Waals surface area contributed by atoms with E-state index in [1.807, 2.05) is 6.07 Å². The highest BCUT2D eigenvalue weighted by Crippen LogP contribution is 2.18. The van der Waals surface area contributed by atoms with Gasteiger partial charge >= 0.3 is 0 Å². The second kappa shape index (κ2) is 3.54. The fraction of sp³-hybridized carbons (Fsp3) is 0.500. The molecule has 0 spiro atoms. The van der Waals surface area contributed by atoms with Crippen molar-refractivity contribution < 1.29 is 0 Å². The predicted octanol–water partition coefficient (Wildman–Crippen LogP) is 2.41. The molecule has 2 nitrogen and oxygen atoms in total. The molecule has 0 unspecified atom stereocenters. The molecule has 0 aliphatic heterocycles. The highest BCUT2D eigenvalue weighted by atomic mass is 35.5. The molecule has 0 bridgehead atoms.